The molecular formula is C27H34N4O5. The van der Waals surface area contributed by atoms with Gasteiger partial charge in [0.15, 0.2) is 0 Å². The molecular weight excluding hydrogens is 460 g/mol. The lowest BCUT2D eigenvalue weighted by molar-refractivity contribution is -0.142. The molecule has 2 rings (SSSR count). The first-order valence-corrected chi connectivity index (χ1v) is 11.6. The van der Waals surface area contributed by atoms with E-state index in [0.717, 1.165) is 21.6 Å². The highest BCUT2D eigenvalue weighted by molar-refractivity contribution is 5.92. The lowest BCUT2D eigenvalue weighted by atomic mass is 9.95. The Morgan fingerprint density at radius 3 is 2.33 bits per heavy atom. The van der Waals surface area contributed by atoms with Crippen LogP contribution in [0.2, 0.25) is 0 Å². The molecule has 192 valence electrons. The van der Waals surface area contributed by atoms with Crippen molar-refractivity contribution in [2.45, 2.75) is 58.8 Å². The maximum absolute atomic E-state index is 13.5. The number of carbonyl (C=O) groups excluding carboxylic acids is 3. The monoisotopic (exact) mass is 494 g/mol. The van der Waals surface area contributed by atoms with E-state index in [1.54, 1.807) is 32.9 Å². The summed E-state index contributed by atoms with van der Waals surface area (Å²) in [5, 5.41) is 24.6. The highest BCUT2D eigenvalue weighted by atomic mass is 16.6. The van der Waals surface area contributed by atoms with Gasteiger partial charge in [0.1, 0.15) is 24.2 Å². The standard InChI is InChI=1S/C27H34N4O5/c1-18-10-9-13-21(19(18)2)23(24(33)29-16-20-11-7-6-8-12-20)31(15-14-28)25(34)22(17-32)30-26(35)36-27(3,4)5/h6-13,22-23,32H,15-17H2,1-5H3,(H,29,33)(H,30,35). The van der Waals surface area contributed by atoms with Crippen molar-refractivity contribution in [3.8, 4) is 6.07 Å². The zero-order chi connectivity index (χ0) is 26.9. The van der Waals surface area contributed by atoms with Gasteiger partial charge in [-0.1, -0.05) is 48.5 Å². The van der Waals surface area contributed by atoms with Gasteiger partial charge in [0.25, 0.3) is 0 Å². The molecule has 3 N–H and O–H groups in total. The summed E-state index contributed by atoms with van der Waals surface area (Å²) in [7, 11) is 0. The number of carbonyl (C=O) groups is 3. The second-order valence-corrected chi connectivity index (χ2v) is 9.40. The van der Waals surface area contributed by atoms with Crippen molar-refractivity contribution in [3.63, 3.8) is 0 Å². The maximum atomic E-state index is 13.5. The van der Waals surface area contributed by atoms with Gasteiger partial charge in [0.2, 0.25) is 11.8 Å². The molecule has 0 fully saturated rings. The van der Waals surface area contributed by atoms with E-state index in [0.29, 0.717) is 5.56 Å². The summed E-state index contributed by atoms with van der Waals surface area (Å²) in [5.74, 6) is -1.28. The highest BCUT2D eigenvalue weighted by Gasteiger charge is 2.36. The fourth-order valence-corrected chi connectivity index (χ4v) is 3.61. The molecule has 0 spiro atoms. The number of aryl methyl sites for hydroxylation is 1. The van der Waals surface area contributed by atoms with E-state index in [1.165, 1.54) is 0 Å². The summed E-state index contributed by atoms with van der Waals surface area (Å²) in [6.45, 7) is 7.74. The van der Waals surface area contributed by atoms with Gasteiger partial charge in [0.05, 0.1) is 12.7 Å². The molecule has 2 unspecified atom stereocenters. The van der Waals surface area contributed by atoms with Gasteiger partial charge in [-0.3, -0.25) is 9.59 Å². The fourth-order valence-electron chi connectivity index (χ4n) is 3.61. The van der Waals surface area contributed by atoms with Crippen LogP contribution in [0.1, 0.15) is 49.1 Å². The van der Waals surface area contributed by atoms with Crippen molar-refractivity contribution < 1.29 is 24.2 Å². The summed E-state index contributed by atoms with van der Waals surface area (Å²) in [4.78, 5) is 40.4. The third-order valence-corrected chi connectivity index (χ3v) is 5.51. The molecule has 0 saturated carbocycles. The van der Waals surface area contributed by atoms with E-state index in [2.05, 4.69) is 10.6 Å². The van der Waals surface area contributed by atoms with Gasteiger partial charge in [-0.2, -0.15) is 5.26 Å². The predicted octanol–water partition coefficient (Wildman–Crippen LogP) is 2.90. The molecule has 0 saturated heterocycles. The number of amides is 3. The number of hydrogen-bond donors (Lipinski definition) is 3. The number of rotatable bonds is 9. The van der Waals surface area contributed by atoms with Crippen LogP contribution < -0.4 is 10.6 Å². The summed E-state index contributed by atoms with van der Waals surface area (Å²) < 4.78 is 5.20. The molecule has 0 radical (unpaired) electrons. The van der Waals surface area contributed by atoms with Gasteiger partial charge in [0, 0.05) is 6.54 Å². The summed E-state index contributed by atoms with van der Waals surface area (Å²) in [6, 6.07) is 14.0. The van der Waals surface area contributed by atoms with Crippen molar-refractivity contribution in [1.82, 2.24) is 15.5 Å². The Kier molecular flexibility index (Phi) is 10.00. The number of nitriles is 1. The van der Waals surface area contributed by atoms with Crippen LogP contribution in [-0.2, 0) is 20.9 Å². The van der Waals surface area contributed by atoms with E-state index in [9.17, 15) is 24.8 Å². The number of aliphatic hydroxyl groups is 1. The second kappa shape index (κ2) is 12.7. The Hall–Kier alpha value is -3.90. The Bertz CT molecular complexity index is 1110. The summed E-state index contributed by atoms with van der Waals surface area (Å²) in [6.07, 6.45) is -0.899. The first kappa shape index (κ1) is 28.3. The zero-order valence-corrected chi connectivity index (χ0v) is 21.4. The largest absolute Gasteiger partial charge is 0.444 e. The topological polar surface area (TPSA) is 132 Å². The molecule has 0 bridgehead atoms. The minimum atomic E-state index is -1.41. The van der Waals surface area contributed by atoms with Crippen LogP contribution >= 0.6 is 0 Å². The molecule has 36 heavy (non-hydrogen) atoms. The lowest BCUT2D eigenvalue weighted by Gasteiger charge is -2.33. The Morgan fingerprint density at radius 1 is 1.08 bits per heavy atom. The smallest absolute Gasteiger partial charge is 0.408 e. The molecule has 2 atom stereocenters. The Morgan fingerprint density at radius 2 is 1.75 bits per heavy atom. The van der Waals surface area contributed by atoms with Gasteiger partial charge in [-0.05, 0) is 56.9 Å². The maximum Gasteiger partial charge on any atom is 0.408 e. The van der Waals surface area contributed by atoms with Crippen LogP contribution in [0.3, 0.4) is 0 Å². The molecule has 0 aliphatic rings. The van der Waals surface area contributed by atoms with Crippen LogP contribution in [0.4, 0.5) is 4.79 Å². The van der Waals surface area contributed by atoms with Crippen molar-refractivity contribution in [3.05, 3.63) is 70.8 Å². The fraction of sp³-hybridized carbons (Fsp3) is 0.407. The number of nitrogens with zero attached hydrogens (tertiary/aromatic N) is 2. The SMILES string of the molecule is Cc1cccc(C(C(=O)NCc2ccccc2)N(CC#N)C(=O)C(CO)NC(=O)OC(C)(C)C)c1C. The number of hydrogen-bond acceptors (Lipinski definition) is 6. The number of nitrogens with one attached hydrogen (secondary N) is 2. The number of benzene rings is 2. The lowest BCUT2D eigenvalue weighted by Crippen LogP contribution is -2.54. The second-order valence-electron chi connectivity index (χ2n) is 9.40. The van der Waals surface area contributed by atoms with Crippen molar-refractivity contribution in [2.75, 3.05) is 13.2 Å². The minimum Gasteiger partial charge on any atom is -0.444 e. The quantitative estimate of drug-likeness (QED) is 0.459. The molecule has 0 aromatic heterocycles. The molecule has 0 aliphatic carbocycles. The predicted molar refractivity (Wildman–Crippen MR) is 135 cm³/mol. The number of aliphatic hydroxyl groups excluding tert-OH is 1. The van der Waals surface area contributed by atoms with E-state index in [1.807, 2.05) is 56.3 Å². The molecule has 0 heterocycles. The Labute approximate surface area is 212 Å². The van der Waals surface area contributed by atoms with Crippen molar-refractivity contribution in [1.29, 1.82) is 5.26 Å². The van der Waals surface area contributed by atoms with Crippen LogP contribution in [0.15, 0.2) is 48.5 Å². The highest BCUT2D eigenvalue weighted by Crippen LogP contribution is 2.27. The average molecular weight is 495 g/mol. The molecule has 9 heteroatoms. The van der Waals surface area contributed by atoms with E-state index < -0.39 is 48.7 Å². The zero-order valence-electron chi connectivity index (χ0n) is 21.4. The van der Waals surface area contributed by atoms with Crippen LogP contribution in [-0.4, -0.2) is 52.7 Å². The molecule has 2 aromatic carbocycles. The molecule has 9 nitrogen and oxygen atoms in total. The molecule has 3 amide bonds. The van der Waals surface area contributed by atoms with E-state index in [-0.39, 0.29) is 6.54 Å². The normalized spacial score (nSPS) is 12.6. The third-order valence-electron chi connectivity index (χ3n) is 5.51. The number of alkyl carbamates (subject to hydrolysis) is 1. The van der Waals surface area contributed by atoms with Gasteiger partial charge in [-0.15, -0.1) is 0 Å². The van der Waals surface area contributed by atoms with Crippen molar-refractivity contribution >= 4 is 17.9 Å². The van der Waals surface area contributed by atoms with Gasteiger partial charge in [-0.25, -0.2) is 4.79 Å². The van der Waals surface area contributed by atoms with Crippen LogP contribution in [0, 0.1) is 25.2 Å². The van der Waals surface area contributed by atoms with E-state index in [4.69, 9.17) is 4.74 Å². The molecule has 2 aromatic rings. The van der Waals surface area contributed by atoms with Crippen molar-refractivity contribution in [2.24, 2.45) is 0 Å². The summed E-state index contributed by atoms with van der Waals surface area (Å²) in [5.41, 5.74) is 2.27. The minimum absolute atomic E-state index is 0.217. The first-order valence-electron chi connectivity index (χ1n) is 11.6. The van der Waals surface area contributed by atoms with Crippen LogP contribution in [0.5, 0.6) is 0 Å². The Balaban J connectivity index is 2.43. The van der Waals surface area contributed by atoms with Crippen LogP contribution in [0.25, 0.3) is 0 Å². The van der Waals surface area contributed by atoms with Gasteiger partial charge >= 0.3 is 6.09 Å². The first-order chi connectivity index (χ1) is 17.0. The number of ether oxygens (including phenoxy) is 1. The average Bonchev–Trinajstić information content (AvgIpc) is 2.82. The molecule has 0 aliphatic heterocycles. The third kappa shape index (κ3) is 7.82. The van der Waals surface area contributed by atoms with Gasteiger partial charge < -0.3 is 25.4 Å². The summed E-state index contributed by atoms with van der Waals surface area (Å²) >= 11 is 0. The van der Waals surface area contributed by atoms with E-state index >= 15 is 0 Å².